The molecule has 2 aromatic rings. The molecule has 3 rings (SSSR count). The van der Waals surface area contributed by atoms with Gasteiger partial charge in [0.1, 0.15) is 24.3 Å². The second kappa shape index (κ2) is 14.1. The van der Waals surface area contributed by atoms with Crippen LogP contribution in [0, 0.1) is 5.92 Å². The first kappa shape index (κ1) is 30.9. The van der Waals surface area contributed by atoms with Crippen molar-refractivity contribution in [2.45, 2.75) is 63.9 Å². The van der Waals surface area contributed by atoms with Crippen molar-refractivity contribution in [3.63, 3.8) is 0 Å². The van der Waals surface area contributed by atoms with Gasteiger partial charge in [0.25, 0.3) is 5.91 Å². The summed E-state index contributed by atoms with van der Waals surface area (Å²) in [5.74, 6) is -1.56. The molecule has 1 aliphatic heterocycles. The zero-order chi connectivity index (χ0) is 29.3. The normalized spacial score (nSPS) is 18.4. The Morgan fingerprint density at radius 3 is 2.23 bits per heavy atom. The third-order valence-corrected chi connectivity index (χ3v) is 6.39. The van der Waals surface area contributed by atoms with E-state index in [0.29, 0.717) is 18.8 Å². The summed E-state index contributed by atoms with van der Waals surface area (Å²) in [7, 11) is 2.86. The standard InChI is InChI=1S/C28H38N4O8/c1-17(2)11-20(24(33)28(3)16-39-28)29-25(34)21(12-18-9-7-6-8-10-18)30-27(36)23(15-38-5)31-26(35)22-13-19(14-37-4)40-32-22/h6-10,13,17,20-21,23H,11-12,14-16H2,1-5H3,(H,29,34)(H,30,36)(H,31,35)/t20?,21-,23?,28?/m0/s1. The SMILES string of the molecule is COCc1cc(C(=O)NC(COC)C(=O)N[C@@H](Cc2ccccc2)C(=O)NC(CC(C)C)C(=O)C2(C)CO2)no1. The van der Waals surface area contributed by atoms with Gasteiger partial charge < -0.3 is 34.7 Å². The molecule has 0 bridgehead atoms. The second-order valence-corrected chi connectivity index (χ2v) is 10.4. The Bertz CT molecular complexity index is 1160. The Morgan fingerprint density at radius 1 is 0.975 bits per heavy atom. The molecular weight excluding hydrogens is 520 g/mol. The highest BCUT2D eigenvalue weighted by molar-refractivity contribution is 5.99. The van der Waals surface area contributed by atoms with E-state index < -0.39 is 41.4 Å². The molecule has 12 heteroatoms. The van der Waals surface area contributed by atoms with Gasteiger partial charge in [0, 0.05) is 26.7 Å². The lowest BCUT2D eigenvalue weighted by Crippen LogP contribution is -2.58. The van der Waals surface area contributed by atoms with Gasteiger partial charge in [-0.15, -0.1) is 0 Å². The van der Waals surface area contributed by atoms with Gasteiger partial charge in [0.15, 0.2) is 17.2 Å². The first-order valence-electron chi connectivity index (χ1n) is 13.1. The molecule has 0 saturated carbocycles. The maximum atomic E-state index is 13.5. The maximum absolute atomic E-state index is 13.5. The molecule has 218 valence electrons. The molecule has 12 nitrogen and oxygen atoms in total. The highest BCUT2D eigenvalue weighted by atomic mass is 16.6. The van der Waals surface area contributed by atoms with Crippen LogP contribution in [0.2, 0.25) is 0 Å². The minimum Gasteiger partial charge on any atom is -0.382 e. The number of Topliss-reactive ketones (excluding diaryl/α,β-unsaturated/α-hetero) is 1. The molecule has 1 saturated heterocycles. The number of nitrogens with one attached hydrogen (secondary N) is 3. The number of hydrogen-bond acceptors (Lipinski definition) is 9. The smallest absolute Gasteiger partial charge is 0.274 e. The molecule has 1 fully saturated rings. The zero-order valence-corrected chi connectivity index (χ0v) is 23.5. The van der Waals surface area contributed by atoms with Gasteiger partial charge in [-0.1, -0.05) is 49.3 Å². The van der Waals surface area contributed by atoms with Crippen LogP contribution in [0.1, 0.15) is 49.0 Å². The van der Waals surface area contributed by atoms with Crippen LogP contribution in [0.4, 0.5) is 0 Å². The predicted molar refractivity (Wildman–Crippen MR) is 143 cm³/mol. The summed E-state index contributed by atoms with van der Waals surface area (Å²) in [4.78, 5) is 52.7. The van der Waals surface area contributed by atoms with Crippen molar-refractivity contribution in [3.8, 4) is 0 Å². The fourth-order valence-electron chi connectivity index (χ4n) is 4.14. The predicted octanol–water partition coefficient (Wildman–Crippen LogP) is 1.18. The minimum atomic E-state index is -1.14. The Morgan fingerprint density at radius 2 is 1.62 bits per heavy atom. The molecule has 0 radical (unpaired) electrons. The number of carbonyl (C=O) groups is 4. The highest BCUT2D eigenvalue weighted by Gasteiger charge is 2.50. The number of rotatable bonds is 16. The number of amides is 3. The van der Waals surface area contributed by atoms with Gasteiger partial charge in [-0.2, -0.15) is 0 Å². The summed E-state index contributed by atoms with van der Waals surface area (Å²) in [6.45, 7) is 5.88. The van der Waals surface area contributed by atoms with Crippen LogP contribution in [0.5, 0.6) is 0 Å². The summed E-state index contributed by atoms with van der Waals surface area (Å²) in [5.41, 5.74) is -0.151. The second-order valence-electron chi connectivity index (χ2n) is 10.4. The van der Waals surface area contributed by atoms with Gasteiger partial charge in [-0.25, -0.2) is 0 Å². The lowest BCUT2D eigenvalue weighted by Gasteiger charge is -2.26. The van der Waals surface area contributed by atoms with Crippen LogP contribution in [0.3, 0.4) is 0 Å². The highest BCUT2D eigenvalue weighted by Crippen LogP contribution is 2.29. The molecule has 2 heterocycles. The minimum absolute atomic E-state index is 0.0367. The van der Waals surface area contributed by atoms with E-state index >= 15 is 0 Å². The van der Waals surface area contributed by atoms with Crippen molar-refractivity contribution in [2.24, 2.45) is 5.92 Å². The van der Waals surface area contributed by atoms with Crippen LogP contribution < -0.4 is 16.0 Å². The van der Waals surface area contributed by atoms with Gasteiger partial charge in [0.05, 0.1) is 19.3 Å². The van der Waals surface area contributed by atoms with Crippen LogP contribution in [0.25, 0.3) is 0 Å². The summed E-state index contributed by atoms with van der Waals surface area (Å²) >= 11 is 0. The summed E-state index contributed by atoms with van der Waals surface area (Å²) in [5, 5.41) is 11.8. The summed E-state index contributed by atoms with van der Waals surface area (Å²) in [6, 6.07) is 7.60. The van der Waals surface area contributed by atoms with E-state index in [4.69, 9.17) is 18.7 Å². The Kier molecular flexibility index (Phi) is 10.9. The fourth-order valence-corrected chi connectivity index (χ4v) is 4.14. The Labute approximate surface area is 233 Å². The van der Waals surface area contributed by atoms with Crippen LogP contribution in [-0.2, 0) is 41.6 Å². The molecule has 0 aliphatic carbocycles. The number of hydrogen-bond donors (Lipinski definition) is 3. The largest absolute Gasteiger partial charge is 0.382 e. The van der Waals surface area contributed by atoms with Crippen LogP contribution in [0.15, 0.2) is 40.9 Å². The van der Waals surface area contributed by atoms with Gasteiger partial charge in [0.2, 0.25) is 11.8 Å². The van der Waals surface area contributed by atoms with E-state index in [1.54, 1.807) is 6.92 Å². The fraction of sp³-hybridized carbons (Fsp3) is 0.536. The van der Waals surface area contributed by atoms with E-state index in [9.17, 15) is 19.2 Å². The number of aromatic nitrogens is 1. The lowest BCUT2D eigenvalue weighted by atomic mass is 9.93. The van der Waals surface area contributed by atoms with Crippen LogP contribution >= 0.6 is 0 Å². The number of ketones is 1. The van der Waals surface area contributed by atoms with Gasteiger partial charge in [-0.3, -0.25) is 19.2 Å². The lowest BCUT2D eigenvalue weighted by molar-refractivity contribution is -0.133. The number of methoxy groups -OCH3 is 2. The van der Waals surface area contributed by atoms with Crippen molar-refractivity contribution in [3.05, 3.63) is 53.4 Å². The third kappa shape index (κ3) is 8.70. The van der Waals surface area contributed by atoms with Crippen molar-refractivity contribution in [1.82, 2.24) is 21.1 Å². The molecule has 3 N–H and O–H groups in total. The number of nitrogens with zero attached hydrogens (tertiary/aromatic N) is 1. The monoisotopic (exact) mass is 558 g/mol. The number of carbonyl (C=O) groups excluding carboxylic acids is 4. The number of epoxide rings is 1. The van der Waals surface area contributed by atoms with E-state index in [1.807, 2.05) is 44.2 Å². The van der Waals surface area contributed by atoms with E-state index in [0.717, 1.165) is 5.56 Å². The molecule has 1 aromatic heterocycles. The van der Waals surface area contributed by atoms with E-state index in [2.05, 4.69) is 21.1 Å². The average molecular weight is 559 g/mol. The van der Waals surface area contributed by atoms with Crippen molar-refractivity contribution >= 4 is 23.5 Å². The quantitative estimate of drug-likeness (QED) is 0.257. The Hall–Kier alpha value is -3.61. The average Bonchev–Trinajstić information content (AvgIpc) is 3.49. The summed E-state index contributed by atoms with van der Waals surface area (Å²) in [6.07, 6.45) is 0.576. The molecule has 3 amide bonds. The van der Waals surface area contributed by atoms with Crippen LogP contribution in [-0.4, -0.2) is 79.8 Å². The van der Waals surface area contributed by atoms with E-state index in [1.165, 1.54) is 20.3 Å². The topological polar surface area (TPSA) is 161 Å². The molecule has 1 aromatic carbocycles. The molecule has 4 atom stereocenters. The molecule has 1 aliphatic rings. The van der Waals surface area contributed by atoms with Gasteiger partial charge >= 0.3 is 0 Å². The molecule has 40 heavy (non-hydrogen) atoms. The zero-order valence-electron chi connectivity index (χ0n) is 23.5. The third-order valence-electron chi connectivity index (χ3n) is 6.39. The number of ether oxygens (including phenoxy) is 3. The maximum Gasteiger partial charge on any atom is 0.274 e. The van der Waals surface area contributed by atoms with Crippen molar-refractivity contribution in [2.75, 3.05) is 27.4 Å². The molecule has 3 unspecified atom stereocenters. The molecular formula is C28H38N4O8. The van der Waals surface area contributed by atoms with Crippen molar-refractivity contribution < 1.29 is 37.9 Å². The van der Waals surface area contributed by atoms with E-state index in [-0.39, 0.29) is 37.0 Å². The van der Waals surface area contributed by atoms with Crippen molar-refractivity contribution in [1.29, 1.82) is 0 Å². The van der Waals surface area contributed by atoms with Gasteiger partial charge in [-0.05, 0) is 24.8 Å². The Balaban J connectivity index is 1.77. The number of benzene rings is 1. The first-order valence-corrected chi connectivity index (χ1v) is 13.1. The molecule has 0 spiro atoms. The summed E-state index contributed by atoms with van der Waals surface area (Å²) < 4.78 is 20.5. The first-order chi connectivity index (χ1) is 19.1.